The molecule has 0 aliphatic carbocycles. The summed E-state index contributed by atoms with van der Waals surface area (Å²) in [5.41, 5.74) is 0. The Kier molecular flexibility index (Phi) is 2.93. The smallest absolute Gasteiger partial charge is 0.226 e. The minimum atomic E-state index is -0.239. The maximum atomic E-state index is 13.4. The van der Waals surface area contributed by atoms with Gasteiger partial charge in [-0.25, -0.2) is 4.68 Å². The van der Waals surface area contributed by atoms with Crippen LogP contribution in [0.1, 0.15) is 18.9 Å². The van der Waals surface area contributed by atoms with E-state index >= 15 is 0 Å². The molecule has 72 valence electrons. The molecular formula is C8H10BrFN2S. The molecule has 1 aliphatic heterocycles. The Hall–Kier alpha value is -0.0300. The highest BCUT2D eigenvalue weighted by Gasteiger charge is 2.20. The quantitative estimate of drug-likeness (QED) is 0.777. The van der Waals surface area contributed by atoms with Crippen molar-refractivity contribution in [1.82, 2.24) is 9.78 Å². The number of halogens is 2. The van der Waals surface area contributed by atoms with Gasteiger partial charge >= 0.3 is 0 Å². The number of thioether (sulfide) groups is 1. The van der Waals surface area contributed by atoms with E-state index in [0.717, 1.165) is 24.3 Å². The zero-order valence-corrected chi connectivity index (χ0v) is 9.44. The van der Waals surface area contributed by atoms with Gasteiger partial charge in [-0.2, -0.15) is 21.3 Å². The molecule has 0 spiro atoms. The average Bonchev–Trinajstić information content (AvgIpc) is 2.49. The van der Waals surface area contributed by atoms with Crippen LogP contribution in [-0.2, 0) is 0 Å². The van der Waals surface area contributed by atoms with Crippen molar-refractivity contribution in [2.75, 3.05) is 11.5 Å². The normalized spacial score (nSPS) is 19.2. The fraction of sp³-hybridized carbons (Fsp3) is 0.625. The van der Waals surface area contributed by atoms with Crippen LogP contribution in [0.15, 0.2) is 10.7 Å². The molecule has 0 N–H and O–H groups in total. The van der Waals surface area contributed by atoms with Crippen molar-refractivity contribution in [1.29, 1.82) is 0 Å². The maximum absolute atomic E-state index is 13.4. The molecule has 5 heteroatoms. The predicted octanol–water partition coefficient (Wildman–Crippen LogP) is 2.85. The van der Waals surface area contributed by atoms with Crippen LogP contribution < -0.4 is 0 Å². The molecule has 13 heavy (non-hydrogen) atoms. The average molecular weight is 265 g/mol. The van der Waals surface area contributed by atoms with Crippen molar-refractivity contribution in [2.45, 2.75) is 18.9 Å². The van der Waals surface area contributed by atoms with Crippen LogP contribution in [0.3, 0.4) is 0 Å². The van der Waals surface area contributed by atoms with Gasteiger partial charge in [-0.3, -0.25) is 0 Å². The first-order valence-electron chi connectivity index (χ1n) is 4.25. The Morgan fingerprint density at radius 3 is 2.77 bits per heavy atom. The topological polar surface area (TPSA) is 17.8 Å². The Morgan fingerprint density at radius 2 is 2.23 bits per heavy atom. The number of aromatic nitrogens is 2. The molecule has 0 saturated carbocycles. The summed E-state index contributed by atoms with van der Waals surface area (Å²) in [5, 5.41) is 4.02. The lowest BCUT2D eigenvalue weighted by atomic mass is 10.2. The van der Waals surface area contributed by atoms with Gasteiger partial charge in [0.15, 0.2) is 0 Å². The van der Waals surface area contributed by atoms with E-state index in [1.165, 1.54) is 10.9 Å². The first-order chi connectivity index (χ1) is 6.29. The highest BCUT2D eigenvalue weighted by Crippen LogP contribution is 2.28. The molecule has 0 bridgehead atoms. The molecule has 2 nitrogen and oxygen atoms in total. The number of hydrogen-bond donors (Lipinski definition) is 0. The van der Waals surface area contributed by atoms with Gasteiger partial charge in [0, 0.05) is 0 Å². The third-order valence-electron chi connectivity index (χ3n) is 2.23. The molecule has 0 atom stereocenters. The second-order valence-corrected chi connectivity index (χ2v) is 5.15. The van der Waals surface area contributed by atoms with Gasteiger partial charge in [-0.1, -0.05) is 0 Å². The van der Waals surface area contributed by atoms with Crippen LogP contribution in [-0.4, -0.2) is 21.3 Å². The zero-order valence-electron chi connectivity index (χ0n) is 7.04. The lowest BCUT2D eigenvalue weighted by Crippen LogP contribution is -2.17. The monoisotopic (exact) mass is 264 g/mol. The van der Waals surface area contributed by atoms with E-state index in [1.54, 1.807) is 0 Å². The molecule has 1 aromatic heterocycles. The van der Waals surface area contributed by atoms with Crippen molar-refractivity contribution in [2.24, 2.45) is 0 Å². The van der Waals surface area contributed by atoms with Crippen molar-refractivity contribution < 1.29 is 4.39 Å². The largest absolute Gasteiger partial charge is 0.235 e. The molecule has 0 aromatic carbocycles. The first kappa shape index (κ1) is 9.52. The third-order valence-corrected chi connectivity index (χ3v) is 3.81. The summed E-state index contributed by atoms with van der Waals surface area (Å²) in [6, 6.07) is 0.257. The molecule has 0 unspecified atom stereocenters. The van der Waals surface area contributed by atoms with Crippen LogP contribution in [0, 0.1) is 5.95 Å². The van der Waals surface area contributed by atoms with E-state index in [4.69, 9.17) is 0 Å². The van der Waals surface area contributed by atoms with Crippen molar-refractivity contribution in [3.05, 3.63) is 16.6 Å². The van der Waals surface area contributed by atoms with E-state index in [1.807, 2.05) is 11.8 Å². The van der Waals surface area contributed by atoms with Gasteiger partial charge in [0.1, 0.15) is 0 Å². The predicted molar refractivity (Wildman–Crippen MR) is 55.5 cm³/mol. The van der Waals surface area contributed by atoms with Crippen molar-refractivity contribution >= 4 is 27.7 Å². The second kappa shape index (κ2) is 4.00. The van der Waals surface area contributed by atoms with Crippen LogP contribution >= 0.6 is 27.7 Å². The van der Waals surface area contributed by atoms with Gasteiger partial charge in [0.2, 0.25) is 5.95 Å². The summed E-state index contributed by atoms with van der Waals surface area (Å²) in [6.07, 6.45) is 3.57. The minimum Gasteiger partial charge on any atom is -0.235 e. The van der Waals surface area contributed by atoms with E-state index in [0.29, 0.717) is 4.47 Å². The van der Waals surface area contributed by atoms with Gasteiger partial charge in [-0.15, -0.1) is 0 Å². The van der Waals surface area contributed by atoms with E-state index < -0.39 is 0 Å². The lowest BCUT2D eigenvalue weighted by Gasteiger charge is -2.21. The fourth-order valence-corrected chi connectivity index (χ4v) is 2.87. The minimum absolute atomic E-state index is 0.239. The molecule has 1 aromatic rings. The van der Waals surface area contributed by atoms with Crippen LogP contribution in [0.5, 0.6) is 0 Å². The van der Waals surface area contributed by atoms with Crippen LogP contribution in [0.25, 0.3) is 0 Å². The number of hydrogen-bond acceptors (Lipinski definition) is 2. The maximum Gasteiger partial charge on any atom is 0.226 e. The Balaban J connectivity index is 2.18. The second-order valence-electron chi connectivity index (χ2n) is 3.07. The van der Waals surface area contributed by atoms with Crippen LogP contribution in [0.2, 0.25) is 0 Å². The summed E-state index contributed by atoms with van der Waals surface area (Å²) in [4.78, 5) is 0. The molecular weight excluding hydrogens is 255 g/mol. The summed E-state index contributed by atoms with van der Waals surface area (Å²) in [6.45, 7) is 0. The molecule has 0 radical (unpaired) electrons. The molecule has 1 aliphatic rings. The lowest BCUT2D eigenvalue weighted by molar-refractivity contribution is 0.356. The summed E-state index contributed by atoms with van der Waals surface area (Å²) in [7, 11) is 0. The molecule has 1 fully saturated rings. The Bertz CT molecular complexity index is 296. The third kappa shape index (κ3) is 1.91. The first-order valence-corrected chi connectivity index (χ1v) is 6.20. The standard InChI is InChI=1S/C8H10BrFN2S/c9-7-5-11-12(8(7)10)6-1-3-13-4-2-6/h5-6H,1-4H2. The number of rotatable bonds is 1. The van der Waals surface area contributed by atoms with E-state index in [2.05, 4.69) is 21.0 Å². The van der Waals surface area contributed by atoms with E-state index in [-0.39, 0.29) is 12.0 Å². The van der Waals surface area contributed by atoms with E-state index in [9.17, 15) is 4.39 Å². The molecule has 0 amide bonds. The highest BCUT2D eigenvalue weighted by atomic mass is 79.9. The zero-order chi connectivity index (χ0) is 9.26. The van der Waals surface area contributed by atoms with Crippen molar-refractivity contribution in [3.8, 4) is 0 Å². The van der Waals surface area contributed by atoms with Crippen molar-refractivity contribution in [3.63, 3.8) is 0 Å². The molecule has 2 heterocycles. The Labute approximate surface area is 89.0 Å². The molecule has 1 saturated heterocycles. The fourth-order valence-electron chi connectivity index (χ4n) is 1.51. The summed E-state index contributed by atoms with van der Waals surface area (Å²) < 4.78 is 15.4. The summed E-state index contributed by atoms with van der Waals surface area (Å²) >= 11 is 5.05. The van der Waals surface area contributed by atoms with Gasteiger partial charge in [0.05, 0.1) is 16.7 Å². The van der Waals surface area contributed by atoms with Gasteiger partial charge in [-0.05, 0) is 40.3 Å². The number of nitrogens with zero attached hydrogens (tertiary/aromatic N) is 2. The highest BCUT2D eigenvalue weighted by molar-refractivity contribution is 9.10. The molecule has 2 rings (SSSR count). The summed E-state index contributed by atoms with van der Waals surface area (Å²) in [5.74, 6) is 1.99. The van der Waals surface area contributed by atoms with Crippen LogP contribution in [0.4, 0.5) is 4.39 Å². The van der Waals surface area contributed by atoms with Gasteiger partial charge < -0.3 is 0 Å². The SMILES string of the molecule is Fc1c(Br)cnn1C1CCSCC1. The Morgan fingerprint density at radius 1 is 1.54 bits per heavy atom. The van der Waals surface area contributed by atoms with Gasteiger partial charge in [0.25, 0.3) is 0 Å².